The molecule has 8 heteroatoms. The predicted molar refractivity (Wildman–Crippen MR) is 161 cm³/mol. The predicted octanol–water partition coefficient (Wildman–Crippen LogP) is 6.88. The van der Waals surface area contributed by atoms with E-state index in [1.54, 1.807) is 57.2 Å². The fourth-order valence-corrected chi connectivity index (χ4v) is 4.59. The van der Waals surface area contributed by atoms with Crippen LogP contribution in [0, 0.1) is 25.2 Å². The van der Waals surface area contributed by atoms with Gasteiger partial charge in [0.25, 0.3) is 5.91 Å². The first-order chi connectivity index (χ1) is 18.4. The Balaban J connectivity index is 2.65. The van der Waals surface area contributed by atoms with E-state index in [-0.39, 0.29) is 5.92 Å². The molecule has 0 fully saturated rings. The third-order valence-electron chi connectivity index (χ3n) is 6.03. The maximum atomic E-state index is 14.4. The number of amides is 3. The minimum Gasteiger partial charge on any atom is -0.444 e. The van der Waals surface area contributed by atoms with Gasteiger partial charge in [-0.1, -0.05) is 55.6 Å². The highest BCUT2D eigenvalue weighted by Crippen LogP contribution is 2.33. The van der Waals surface area contributed by atoms with Gasteiger partial charge in [-0.15, -0.1) is 6.42 Å². The van der Waals surface area contributed by atoms with Gasteiger partial charge in [0.05, 0.1) is 10.7 Å². The number of terminal acetylenes is 1. The van der Waals surface area contributed by atoms with Crippen molar-refractivity contribution < 1.29 is 19.1 Å². The highest BCUT2D eigenvalue weighted by atomic mass is 35.5. The number of alkyl carbamates (subject to hydrolysis) is 1. The lowest BCUT2D eigenvalue weighted by Gasteiger charge is -2.43. The number of anilines is 1. The van der Waals surface area contributed by atoms with Gasteiger partial charge in [-0.2, -0.15) is 0 Å². The average Bonchev–Trinajstić information content (AvgIpc) is 2.81. The Hall–Kier alpha value is -3.50. The van der Waals surface area contributed by atoms with E-state index >= 15 is 0 Å². The molecule has 2 atom stereocenters. The zero-order chi connectivity index (χ0) is 30.4. The van der Waals surface area contributed by atoms with Crippen LogP contribution in [0.15, 0.2) is 42.5 Å². The summed E-state index contributed by atoms with van der Waals surface area (Å²) >= 11 is 6.43. The Labute approximate surface area is 244 Å². The molecule has 0 bridgehead atoms. The number of rotatable bonds is 8. The average molecular weight is 568 g/mol. The van der Waals surface area contributed by atoms with Crippen molar-refractivity contribution in [2.75, 3.05) is 5.32 Å². The van der Waals surface area contributed by atoms with Crippen molar-refractivity contribution >= 4 is 35.2 Å². The van der Waals surface area contributed by atoms with Crippen molar-refractivity contribution in [1.82, 2.24) is 10.2 Å². The molecule has 0 aliphatic rings. The van der Waals surface area contributed by atoms with Crippen LogP contribution in [0.3, 0.4) is 0 Å². The highest BCUT2D eigenvalue weighted by Gasteiger charge is 2.42. The van der Waals surface area contributed by atoms with Crippen LogP contribution >= 0.6 is 11.6 Å². The molecule has 0 spiro atoms. The normalized spacial score (nSPS) is 13.2. The zero-order valence-corrected chi connectivity index (χ0v) is 25.8. The van der Waals surface area contributed by atoms with Crippen LogP contribution in [0.5, 0.6) is 0 Å². The van der Waals surface area contributed by atoms with Crippen LogP contribution in [0.2, 0.25) is 5.02 Å². The number of nitrogens with zero attached hydrogens (tertiary/aromatic N) is 1. The maximum Gasteiger partial charge on any atom is 0.408 e. The molecule has 216 valence electrons. The van der Waals surface area contributed by atoms with Crippen molar-refractivity contribution in [2.24, 2.45) is 5.92 Å². The van der Waals surface area contributed by atoms with Gasteiger partial charge in [0.15, 0.2) is 0 Å². The van der Waals surface area contributed by atoms with E-state index in [1.165, 1.54) is 4.90 Å². The molecular formula is C32H42ClN3O4. The van der Waals surface area contributed by atoms with Crippen LogP contribution < -0.4 is 10.6 Å². The Morgan fingerprint density at radius 2 is 1.62 bits per heavy atom. The fourth-order valence-electron chi connectivity index (χ4n) is 4.32. The topological polar surface area (TPSA) is 87.7 Å². The van der Waals surface area contributed by atoms with Gasteiger partial charge in [-0.3, -0.25) is 9.59 Å². The van der Waals surface area contributed by atoms with Gasteiger partial charge in [-0.05, 0) is 90.1 Å². The van der Waals surface area contributed by atoms with Crippen molar-refractivity contribution in [3.8, 4) is 12.3 Å². The first-order valence-electron chi connectivity index (χ1n) is 13.4. The summed E-state index contributed by atoms with van der Waals surface area (Å²) in [6.07, 6.45) is 5.21. The standard InChI is InChI=1S/C32H42ClN3O4/c1-11-22-15-17-23(18-16-22)27(28(37)35-26-21(4)13-12-14-24(26)33)36(31(5,6)7)29(38)25(19-20(2)3)34-30(39)40-32(8,9)10/h1,12-18,20,25,27H,19H2,2-10H3,(H,34,39)(H,35,37). The molecule has 2 N–H and O–H groups in total. The summed E-state index contributed by atoms with van der Waals surface area (Å²) in [5.41, 5.74) is 0.872. The van der Waals surface area contributed by atoms with E-state index in [0.717, 1.165) is 5.56 Å². The maximum absolute atomic E-state index is 14.4. The molecule has 0 radical (unpaired) electrons. The number of ether oxygens (including phenoxy) is 1. The number of hydrogen-bond donors (Lipinski definition) is 2. The smallest absolute Gasteiger partial charge is 0.408 e. The summed E-state index contributed by atoms with van der Waals surface area (Å²) < 4.78 is 5.46. The molecule has 0 saturated carbocycles. The lowest BCUT2D eigenvalue weighted by Crippen LogP contribution is -2.58. The second kappa shape index (κ2) is 13.2. The number of hydrogen-bond acceptors (Lipinski definition) is 4. The monoisotopic (exact) mass is 567 g/mol. The third-order valence-corrected chi connectivity index (χ3v) is 6.34. The van der Waals surface area contributed by atoms with Crippen molar-refractivity contribution in [3.05, 3.63) is 64.2 Å². The van der Waals surface area contributed by atoms with Crippen LogP contribution in [-0.2, 0) is 14.3 Å². The Morgan fingerprint density at radius 3 is 2.10 bits per heavy atom. The molecule has 0 aromatic heterocycles. The summed E-state index contributed by atoms with van der Waals surface area (Å²) in [6.45, 7) is 16.6. The molecule has 0 aliphatic heterocycles. The van der Waals surface area contributed by atoms with Crippen LogP contribution in [-0.4, -0.2) is 40.0 Å². The zero-order valence-electron chi connectivity index (χ0n) is 25.0. The van der Waals surface area contributed by atoms with Crippen LogP contribution in [0.4, 0.5) is 10.5 Å². The Kier molecular flexibility index (Phi) is 10.8. The number of aryl methyl sites for hydroxylation is 1. The van der Waals surface area contributed by atoms with Gasteiger partial charge in [-0.25, -0.2) is 4.79 Å². The van der Waals surface area contributed by atoms with E-state index < -0.39 is 41.1 Å². The van der Waals surface area contributed by atoms with Crippen molar-refractivity contribution in [3.63, 3.8) is 0 Å². The van der Waals surface area contributed by atoms with Crippen molar-refractivity contribution in [2.45, 2.75) is 92.0 Å². The largest absolute Gasteiger partial charge is 0.444 e. The fraction of sp³-hybridized carbons (Fsp3) is 0.469. The van der Waals surface area contributed by atoms with Gasteiger partial charge >= 0.3 is 6.09 Å². The summed E-state index contributed by atoms with van der Waals surface area (Å²) in [6, 6.07) is 10.3. The first-order valence-corrected chi connectivity index (χ1v) is 13.8. The number of benzene rings is 2. The molecule has 0 heterocycles. The SMILES string of the molecule is C#Cc1ccc(C(C(=O)Nc2c(C)cccc2Cl)N(C(=O)C(CC(C)C)NC(=O)OC(C)(C)C)C(C)(C)C)cc1. The number of carbonyl (C=O) groups excluding carboxylic acids is 3. The van der Waals surface area contributed by atoms with E-state index in [1.807, 2.05) is 47.6 Å². The Bertz CT molecular complexity index is 1230. The highest BCUT2D eigenvalue weighted by molar-refractivity contribution is 6.34. The van der Waals surface area contributed by atoms with E-state index in [0.29, 0.717) is 28.3 Å². The third kappa shape index (κ3) is 9.02. The summed E-state index contributed by atoms with van der Waals surface area (Å²) in [5, 5.41) is 6.09. The van der Waals surface area contributed by atoms with E-state index in [9.17, 15) is 14.4 Å². The molecule has 7 nitrogen and oxygen atoms in total. The molecule has 0 aliphatic carbocycles. The minimum atomic E-state index is -1.06. The van der Waals surface area contributed by atoms with E-state index in [2.05, 4.69) is 16.6 Å². The van der Waals surface area contributed by atoms with Gasteiger partial charge in [0.2, 0.25) is 5.91 Å². The number of nitrogens with one attached hydrogen (secondary N) is 2. The summed E-state index contributed by atoms with van der Waals surface area (Å²) in [7, 11) is 0. The second-order valence-corrected chi connectivity index (χ2v) is 12.7. The van der Waals surface area contributed by atoms with Crippen molar-refractivity contribution in [1.29, 1.82) is 0 Å². The minimum absolute atomic E-state index is 0.0682. The number of halogens is 1. The number of carbonyl (C=O) groups is 3. The Morgan fingerprint density at radius 1 is 1.02 bits per heavy atom. The molecule has 2 unspecified atom stereocenters. The van der Waals surface area contributed by atoms with Crippen LogP contribution in [0.1, 0.15) is 84.5 Å². The summed E-state index contributed by atoms with van der Waals surface area (Å²) in [5.74, 6) is 1.78. The van der Waals surface area contributed by atoms with Gasteiger partial charge in [0, 0.05) is 11.1 Å². The molecule has 3 amide bonds. The molecule has 2 aromatic carbocycles. The second-order valence-electron chi connectivity index (χ2n) is 12.3. The number of para-hydroxylation sites is 1. The summed E-state index contributed by atoms with van der Waals surface area (Å²) in [4.78, 5) is 42.8. The van der Waals surface area contributed by atoms with Gasteiger partial charge in [0.1, 0.15) is 17.7 Å². The lowest BCUT2D eigenvalue weighted by molar-refractivity contribution is -0.147. The lowest BCUT2D eigenvalue weighted by atomic mass is 9.93. The van der Waals surface area contributed by atoms with Crippen LogP contribution in [0.25, 0.3) is 0 Å². The first kappa shape index (κ1) is 32.7. The molecular weight excluding hydrogens is 526 g/mol. The molecule has 2 rings (SSSR count). The van der Waals surface area contributed by atoms with Gasteiger partial charge < -0.3 is 20.3 Å². The molecule has 40 heavy (non-hydrogen) atoms. The molecule has 0 saturated heterocycles. The quantitative estimate of drug-likeness (QED) is 0.340. The van der Waals surface area contributed by atoms with E-state index in [4.69, 9.17) is 22.8 Å². The molecule has 2 aromatic rings.